The zero-order valence-corrected chi connectivity index (χ0v) is 20.3. The average molecular weight is 458 g/mol. The molecule has 1 saturated heterocycles. The molecule has 2 N–H and O–H groups in total. The summed E-state index contributed by atoms with van der Waals surface area (Å²) in [6.07, 6.45) is 7.62. The van der Waals surface area contributed by atoms with Crippen LogP contribution in [0.5, 0.6) is 11.5 Å². The molecule has 0 spiro atoms. The zero-order chi connectivity index (χ0) is 24.1. The first kappa shape index (κ1) is 25.1. The highest BCUT2D eigenvalue weighted by molar-refractivity contribution is 5.98. The third-order valence-corrected chi connectivity index (χ3v) is 7.00. The van der Waals surface area contributed by atoms with Crippen LogP contribution in [-0.2, 0) is 9.53 Å². The number of hydrogen-bond donors (Lipinski definition) is 2. The quantitative estimate of drug-likeness (QED) is 0.502. The van der Waals surface area contributed by atoms with Crippen LogP contribution in [0.15, 0.2) is 18.7 Å². The van der Waals surface area contributed by atoms with E-state index in [0.717, 1.165) is 51.4 Å². The van der Waals surface area contributed by atoms with Gasteiger partial charge in [0, 0.05) is 24.7 Å². The second-order valence-corrected chi connectivity index (χ2v) is 10.3. The number of carbonyl (C=O) groups excluding carboxylic acids is 2. The standard InChI is InChI=1S/C27H39NO5/c1-17(2)13-20(27(32)33-21-7-5-6-8-21)14-19-9-11-28(12-10-19)26(31)23-15-22(18(3)4)24(29)16-25(23)30/h15-17,19-21,29-30H,3,5-14H2,1-2,4H3/t20-/m1/s1. The normalized spacial score (nSPS) is 18.5. The van der Waals surface area contributed by atoms with Crippen molar-refractivity contribution >= 4 is 17.4 Å². The maximum atomic E-state index is 13.1. The topological polar surface area (TPSA) is 87.1 Å². The number of likely N-dealkylation sites (tertiary alicyclic amines) is 1. The Morgan fingerprint density at radius 2 is 1.67 bits per heavy atom. The van der Waals surface area contributed by atoms with Crippen molar-refractivity contribution in [3.8, 4) is 11.5 Å². The van der Waals surface area contributed by atoms with Gasteiger partial charge in [-0.25, -0.2) is 0 Å². The number of nitrogens with zero attached hydrogens (tertiary/aromatic N) is 1. The van der Waals surface area contributed by atoms with Crippen molar-refractivity contribution in [1.82, 2.24) is 4.90 Å². The molecule has 0 aromatic heterocycles. The lowest BCUT2D eigenvalue weighted by Crippen LogP contribution is -2.39. The predicted octanol–water partition coefficient (Wildman–Crippen LogP) is 5.52. The summed E-state index contributed by atoms with van der Waals surface area (Å²) in [6, 6.07) is 2.72. The molecule has 2 aliphatic rings. The van der Waals surface area contributed by atoms with E-state index in [9.17, 15) is 19.8 Å². The Kier molecular flexibility index (Phi) is 8.44. The fourth-order valence-electron chi connectivity index (χ4n) is 5.16. The lowest BCUT2D eigenvalue weighted by molar-refractivity contribution is -0.155. The predicted molar refractivity (Wildman–Crippen MR) is 129 cm³/mol. The van der Waals surface area contributed by atoms with E-state index >= 15 is 0 Å². The number of phenols is 2. The fourth-order valence-corrected chi connectivity index (χ4v) is 5.16. The average Bonchev–Trinajstić information content (AvgIpc) is 3.26. The molecule has 0 unspecified atom stereocenters. The maximum absolute atomic E-state index is 13.1. The number of aromatic hydroxyl groups is 2. The number of benzene rings is 1. The molecule has 1 heterocycles. The molecule has 0 bridgehead atoms. The Labute approximate surface area is 197 Å². The van der Waals surface area contributed by atoms with Gasteiger partial charge in [0.1, 0.15) is 17.6 Å². The molecule has 1 saturated carbocycles. The summed E-state index contributed by atoms with van der Waals surface area (Å²) in [5.74, 6) is 0.105. The van der Waals surface area contributed by atoms with Gasteiger partial charge >= 0.3 is 5.97 Å². The summed E-state index contributed by atoms with van der Waals surface area (Å²) < 4.78 is 5.83. The van der Waals surface area contributed by atoms with Gasteiger partial charge < -0.3 is 19.8 Å². The molecule has 2 fully saturated rings. The van der Waals surface area contributed by atoms with Crippen molar-refractivity contribution in [1.29, 1.82) is 0 Å². The maximum Gasteiger partial charge on any atom is 0.309 e. The van der Waals surface area contributed by atoms with Crippen LogP contribution < -0.4 is 0 Å². The van der Waals surface area contributed by atoms with Crippen molar-refractivity contribution in [2.45, 2.75) is 78.2 Å². The van der Waals surface area contributed by atoms with Crippen molar-refractivity contribution in [2.24, 2.45) is 17.8 Å². The van der Waals surface area contributed by atoms with Crippen LogP contribution in [0.4, 0.5) is 0 Å². The molecule has 0 radical (unpaired) electrons. The van der Waals surface area contributed by atoms with Crippen LogP contribution in [0.1, 0.15) is 88.1 Å². The summed E-state index contributed by atoms with van der Waals surface area (Å²) >= 11 is 0. The minimum atomic E-state index is -0.243. The third-order valence-electron chi connectivity index (χ3n) is 7.00. The van der Waals surface area contributed by atoms with Gasteiger partial charge in [0.15, 0.2) is 0 Å². The van der Waals surface area contributed by atoms with Crippen LogP contribution in [-0.4, -0.2) is 46.2 Å². The largest absolute Gasteiger partial charge is 0.507 e. The molecular weight excluding hydrogens is 418 g/mol. The molecule has 1 amide bonds. The summed E-state index contributed by atoms with van der Waals surface area (Å²) in [7, 11) is 0. The van der Waals surface area contributed by atoms with E-state index < -0.39 is 0 Å². The number of ether oxygens (including phenoxy) is 1. The van der Waals surface area contributed by atoms with Crippen LogP contribution in [0, 0.1) is 17.8 Å². The number of allylic oxidation sites excluding steroid dienone is 1. The first-order chi connectivity index (χ1) is 15.7. The Hall–Kier alpha value is -2.50. The number of carbonyl (C=O) groups is 2. The summed E-state index contributed by atoms with van der Waals surface area (Å²) in [5.41, 5.74) is 1.27. The molecule has 182 valence electrons. The number of rotatable bonds is 8. The van der Waals surface area contributed by atoms with Gasteiger partial charge in [-0.1, -0.05) is 20.4 Å². The summed E-state index contributed by atoms with van der Waals surface area (Å²) in [5, 5.41) is 20.3. The first-order valence-corrected chi connectivity index (χ1v) is 12.4. The van der Waals surface area contributed by atoms with Gasteiger partial charge in [0.05, 0.1) is 11.5 Å². The Balaban J connectivity index is 1.59. The van der Waals surface area contributed by atoms with E-state index in [4.69, 9.17) is 4.74 Å². The van der Waals surface area contributed by atoms with E-state index in [2.05, 4.69) is 20.4 Å². The van der Waals surface area contributed by atoms with Crippen LogP contribution >= 0.6 is 0 Å². The second-order valence-electron chi connectivity index (χ2n) is 10.3. The summed E-state index contributed by atoms with van der Waals surface area (Å²) in [4.78, 5) is 27.7. The Morgan fingerprint density at radius 1 is 1.06 bits per heavy atom. The number of phenolic OH excluding ortho intramolecular Hbond substituents is 2. The van der Waals surface area contributed by atoms with Crippen molar-refractivity contribution in [3.63, 3.8) is 0 Å². The van der Waals surface area contributed by atoms with E-state index in [1.165, 1.54) is 12.1 Å². The highest BCUT2D eigenvalue weighted by atomic mass is 16.5. The minimum absolute atomic E-state index is 0.0459. The molecule has 6 nitrogen and oxygen atoms in total. The van der Waals surface area contributed by atoms with Crippen molar-refractivity contribution in [2.75, 3.05) is 13.1 Å². The van der Waals surface area contributed by atoms with Gasteiger partial charge in [0.25, 0.3) is 5.91 Å². The van der Waals surface area contributed by atoms with Crippen LogP contribution in [0.3, 0.4) is 0 Å². The van der Waals surface area contributed by atoms with E-state index in [-0.39, 0.29) is 41.0 Å². The lowest BCUT2D eigenvalue weighted by atomic mass is 9.83. The third kappa shape index (κ3) is 6.52. The Bertz CT molecular complexity index is 864. The highest BCUT2D eigenvalue weighted by Gasteiger charge is 2.32. The minimum Gasteiger partial charge on any atom is -0.507 e. The smallest absolute Gasteiger partial charge is 0.309 e. The molecule has 3 rings (SSSR count). The molecule has 1 aliphatic carbocycles. The van der Waals surface area contributed by atoms with Crippen molar-refractivity contribution in [3.05, 3.63) is 29.8 Å². The molecule has 1 atom stereocenters. The van der Waals surface area contributed by atoms with Gasteiger partial charge in [-0.05, 0) is 81.8 Å². The van der Waals surface area contributed by atoms with Crippen molar-refractivity contribution < 1.29 is 24.5 Å². The van der Waals surface area contributed by atoms with E-state index in [1.807, 2.05) is 0 Å². The van der Waals surface area contributed by atoms with Gasteiger partial charge in [-0.3, -0.25) is 9.59 Å². The van der Waals surface area contributed by atoms with E-state index in [1.54, 1.807) is 11.8 Å². The van der Waals surface area contributed by atoms with Gasteiger partial charge in [-0.15, -0.1) is 0 Å². The second kappa shape index (κ2) is 11.1. The van der Waals surface area contributed by atoms with Crippen LogP contribution in [0.25, 0.3) is 5.57 Å². The van der Waals surface area contributed by atoms with Crippen LogP contribution in [0.2, 0.25) is 0 Å². The molecule has 1 aliphatic heterocycles. The molecule has 1 aromatic carbocycles. The molecule has 33 heavy (non-hydrogen) atoms. The van der Waals surface area contributed by atoms with Gasteiger partial charge in [-0.2, -0.15) is 0 Å². The van der Waals surface area contributed by atoms with E-state index in [0.29, 0.717) is 36.1 Å². The number of esters is 1. The Morgan fingerprint density at radius 3 is 2.24 bits per heavy atom. The SMILES string of the molecule is C=C(C)c1cc(C(=O)N2CCC(C[C@@H](CC(C)C)C(=O)OC3CCCC3)CC2)c(O)cc1O. The number of amides is 1. The molecule has 6 heteroatoms. The first-order valence-electron chi connectivity index (χ1n) is 12.4. The fraction of sp³-hybridized carbons (Fsp3) is 0.630. The monoisotopic (exact) mass is 457 g/mol. The molecule has 1 aromatic rings. The number of piperidine rings is 1. The zero-order valence-electron chi connectivity index (χ0n) is 20.3. The highest BCUT2D eigenvalue weighted by Crippen LogP contribution is 2.34. The lowest BCUT2D eigenvalue weighted by Gasteiger charge is -2.34. The summed E-state index contributed by atoms with van der Waals surface area (Å²) in [6.45, 7) is 11.0. The number of hydrogen-bond acceptors (Lipinski definition) is 5. The molecular formula is C27H39NO5. The van der Waals surface area contributed by atoms with Gasteiger partial charge in [0.2, 0.25) is 0 Å².